The largest absolute Gasteiger partial charge is 0.472 e. The van der Waals surface area contributed by atoms with Crippen molar-refractivity contribution in [1.29, 1.82) is 0 Å². The van der Waals surface area contributed by atoms with Gasteiger partial charge in [0.25, 0.3) is 0 Å². The molecule has 0 amide bonds. The van der Waals surface area contributed by atoms with E-state index in [-0.39, 0.29) is 29.3 Å². The van der Waals surface area contributed by atoms with Gasteiger partial charge in [0.05, 0.1) is 12.1 Å². The van der Waals surface area contributed by atoms with Gasteiger partial charge < -0.3 is 9.64 Å². The first-order valence-electron chi connectivity index (χ1n) is 8.45. The van der Waals surface area contributed by atoms with Gasteiger partial charge in [0.15, 0.2) is 11.6 Å². The summed E-state index contributed by atoms with van der Waals surface area (Å²) in [5.74, 6) is -0.206. The van der Waals surface area contributed by atoms with Crippen LogP contribution >= 0.6 is 0 Å². The van der Waals surface area contributed by atoms with Crippen molar-refractivity contribution >= 4 is 5.82 Å². The Morgan fingerprint density at radius 2 is 2.16 bits per heavy atom. The first-order chi connectivity index (χ1) is 12.0. The number of hydrogen-bond donors (Lipinski definition) is 0. The Balaban J connectivity index is 1.45. The van der Waals surface area contributed by atoms with E-state index >= 15 is 0 Å². The van der Waals surface area contributed by atoms with Crippen LogP contribution in [0.4, 0.5) is 14.6 Å². The summed E-state index contributed by atoms with van der Waals surface area (Å²) < 4.78 is 34.2. The molecule has 2 bridgehead atoms. The van der Waals surface area contributed by atoms with E-state index in [4.69, 9.17) is 4.74 Å². The van der Waals surface area contributed by atoms with E-state index < -0.39 is 11.6 Å². The van der Waals surface area contributed by atoms with Crippen LogP contribution in [0, 0.1) is 17.6 Å². The average molecular weight is 345 g/mol. The zero-order chi connectivity index (χ0) is 17.3. The van der Waals surface area contributed by atoms with Crippen LogP contribution in [-0.2, 0) is 13.2 Å². The molecular formula is C18H17F2N3O2. The van der Waals surface area contributed by atoms with Crippen LogP contribution in [0.5, 0.6) is 5.88 Å². The molecule has 0 radical (unpaired) electrons. The number of halogens is 2. The summed E-state index contributed by atoms with van der Waals surface area (Å²) in [7, 11) is 0. The third kappa shape index (κ3) is 1.92. The quantitative estimate of drug-likeness (QED) is 0.857. The van der Waals surface area contributed by atoms with Gasteiger partial charge in [0.1, 0.15) is 12.4 Å². The van der Waals surface area contributed by atoms with E-state index in [1.807, 2.05) is 0 Å². The van der Waals surface area contributed by atoms with Gasteiger partial charge in [-0.2, -0.15) is 4.98 Å². The topological polar surface area (TPSA) is 47.4 Å². The maximum atomic E-state index is 13.7. The number of rotatable bonds is 3. The number of fused-ring (bicyclic) bond motifs is 1. The molecule has 1 aliphatic carbocycles. The molecule has 3 fully saturated rings. The van der Waals surface area contributed by atoms with Crippen LogP contribution in [0.25, 0.3) is 0 Å². The van der Waals surface area contributed by atoms with Crippen LogP contribution in [-0.4, -0.2) is 21.1 Å². The summed E-state index contributed by atoms with van der Waals surface area (Å²) in [6, 6.07) is 6.06. The normalized spacial score (nSPS) is 28.5. The summed E-state index contributed by atoms with van der Waals surface area (Å²) in [6.07, 6.45) is 2.22. The van der Waals surface area contributed by atoms with Crippen molar-refractivity contribution in [1.82, 2.24) is 9.55 Å². The number of nitrogens with zero attached hydrogens (tertiary/aromatic N) is 3. The molecule has 7 heteroatoms. The summed E-state index contributed by atoms with van der Waals surface area (Å²) >= 11 is 0. The fraction of sp³-hybridized carbons (Fsp3) is 0.444. The molecule has 1 atom stereocenters. The lowest BCUT2D eigenvalue weighted by atomic mass is 9.72. The Morgan fingerprint density at radius 3 is 2.96 bits per heavy atom. The van der Waals surface area contributed by atoms with Crippen molar-refractivity contribution in [3.8, 4) is 5.88 Å². The second kappa shape index (κ2) is 4.80. The van der Waals surface area contributed by atoms with Crippen molar-refractivity contribution in [2.45, 2.75) is 44.5 Å². The number of hydrogen-bond acceptors (Lipinski definition) is 4. The van der Waals surface area contributed by atoms with Gasteiger partial charge in [-0.25, -0.2) is 13.6 Å². The van der Waals surface area contributed by atoms with Crippen LogP contribution in [0.3, 0.4) is 0 Å². The minimum absolute atomic E-state index is 0.0607. The maximum Gasteiger partial charge on any atom is 0.352 e. The lowest BCUT2D eigenvalue weighted by Gasteiger charge is -2.36. The SMILES string of the molecule is CC1C2CC3(C2)Cn2c(cc(OCc4cccc(F)c4F)nc2=O)N13. The maximum absolute atomic E-state index is 13.7. The highest BCUT2D eigenvalue weighted by Crippen LogP contribution is 2.59. The minimum Gasteiger partial charge on any atom is -0.472 e. The monoisotopic (exact) mass is 345 g/mol. The third-order valence-electron chi connectivity index (χ3n) is 5.96. The van der Waals surface area contributed by atoms with E-state index in [0.29, 0.717) is 18.5 Å². The average Bonchev–Trinajstić information content (AvgIpc) is 3.12. The van der Waals surface area contributed by atoms with E-state index in [2.05, 4.69) is 16.8 Å². The summed E-state index contributed by atoms with van der Waals surface area (Å²) in [5.41, 5.74) is -0.201. The summed E-state index contributed by atoms with van der Waals surface area (Å²) in [6.45, 7) is 2.68. The summed E-state index contributed by atoms with van der Waals surface area (Å²) in [4.78, 5) is 18.6. The van der Waals surface area contributed by atoms with Crippen LogP contribution < -0.4 is 15.3 Å². The molecule has 1 aromatic carbocycles. The highest BCUT2D eigenvalue weighted by Gasteiger charge is 2.63. The molecule has 5 nitrogen and oxygen atoms in total. The van der Waals surface area contributed by atoms with Gasteiger partial charge in [-0.3, -0.25) is 4.57 Å². The Bertz CT molecular complexity index is 936. The lowest BCUT2D eigenvalue weighted by Crippen LogP contribution is -2.45. The lowest BCUT2D eigenvalue weighted by molar-refractivity contribution is 0.222. The van der Waals surface area contributed by atoms with E-state index in [1.165, 1.54) is 12.1 Å². The highest BCUT2D eigenvalue weighted by atomic mass is 19.2. The predicted molar refractivity (Wildman–Crippen MR) is 86.6 cm³/mol. The fourth-order valence-corrected chi connectivity index (χ4v) is 4.76. The fourth-order valence-electron chi connectivity index (χ4n) is 4.76. The molecule has 4 heterocycles. The zero-order valence-corrected chi connectivity index (χ0v) is 13.7. The van der Waals surface area contributed by atoms with Gasteiger partial charge in [0.2, 0.25) is 5.88 Å². The van der Waals surface area contributed by atoms with E-state index in [1.54, 1.807) is 10.6 Å². The Labute approximate surface area is 142 Å². The van der Waals surface area contributed by atoms with Crippen LogP contribution in [0.1, 0.15) is 25.3 Å². The molecule has 3 aliphatic heterocycles. The zero-order valence-electron chi connectivity index (χ0n) is 13.7. The first kappa shape index (κ1) is 14.9. The Hall–Kier alpha value is -2.44. The van der Waals surface area contributed by atoms with Crippen molar-refractivity contribution in [2.75, 3.05) is 4.90 Å². The van der Waals surface area contributed by atoms with E-state index in [0.717, 1.165) is 24.7 Å². The molecule has 1 saturated carbocycles. The van der Waals surface area contributed by atoms with Crippen molar-refractivity contribution in [2.24, 2.45) is 5.92 Å². The number of benzene rings is 1. The predicted octanol–water partition coefficient (Wildman–Crippen LogP) is 2.47. The summed E-state index contributed by atoms with van der Waals surface area (Å²) in [5, 5.41) is 0. The molecule has 1 spiro atoms. The molecule has 2 aromatic rings. The molecule has 1 unspecified atom stereocenters. The first-order valence-corrected chi connectivity index (χ1v) is 8.45. The Kier molecular flexibility index (Phi) is 2.86. The molecular weight excluding hydrogens is 328 g/mol. The smallest absolute Gasteiger partial charge is 0.352 e. The molecule has 4 aliphatic rings. The number of anilines is 1. The molecule has 2 saturated heterocycles. The number of ether oxygens (including phenoxy) is 1. The van der Waals surface area contributed by atoms with Gasteiger partial charge in [-0.15, -0.1) is 0 Å². The van der Waals surface area contributed by atoms with Crippen LogP contribution in [0.15, 0.2) is 29.1 Å². The molecule has 25 heavy (non-hydrogen) atoms. The molecule has 6 rings (SSSR count). The number of aromatic nitrogens is 2. The van der Waals surface area contributed by atoms with Gasteiger partial charge >= 0.3 is 5.69 Å². The van der Waals surface area contributed by atoms with Crippen molar-refractivity contribution < 1.29 is 13.5 Å². The van der Waals surface area contributed by atoms with E-state index in [9.17, 15) is 13.6 Å². The molecule has 130 valence electrons. The van der Waals surface area contributed by atoms with Crippen LogP contribution in [0.2, 0.25) is 0 Å². The van der Waals surface area contributed by atoms with Gasteiger partial charge in [-0.1, -0.05) is 12.1 Å². The standard InChI is InChI=1S/C18H17F2N3O2/c1-10-12-6-18(7-12)9-22-15(23(10)18)5-14(21-17(22)24)25-8-11-3-2-4-13(19)16(11)20/h2-5,10,12H,6-9H2,1H3. The second-order valence-corrected chi connectivity index (χ2v) is 7.33. The van der Waals surface area contributed by atoms with Gasteiger partial charge in [-0.05, 0) is 31.7 Å². The molecule has 0 N–H and O–H groups in total. The Morgan fingerprint density at radius 1 is 1.36 bits per heavy atom. The van der Waals surface area contributed by atoms with Crippen molar-refractivity contribution in [3.63, 3.8) is 0 Å². The highest BCUT2D eigenvalue weighted by molar-refractivity contribution is 5.55. The third-order valence-corrected chi connectivity index (χ3v) is 5.96. The molecule has 1 aromatic heterocycles. The van der Waals surface area contributed by atoms with Gasteiger partial charge in [0, 0.05) is 17.7 Å². The van der Waals surface area contributed by atoms with Crippen molar-refractivity contribution in [3.05, 3.63) is 51.9 Å². The minimum atomic E-state index is -0.937. The second-order valence-electron chi connectivity index (χ2n) is 7.33.